The van der Waals surface area contributed by atoms with Gasteiger partial charge < -0.3 is 15.6 Å². The van der Waals surface area contributed by atoms with E-state index in [2.05, 4.69) is 20.6 Å². The van der Waals surface area contributed by atoms with E-state index in [4.69, 9.17) is 0 Å². The lowest BCUT2D eigenvalue weighted by molar-refractivity contribution is -0.124. The van der Waals surface area contributed by atoms with Crippen LogP contribution in [0.5, 0.6) is 0 Å². The predicted molar refractivity (Wildman–Crippen MR) is 78.4 cm³/mol. The molecular formula is C15H20N4O. The van der Waals surface area contributed by atoms with Crippen LogP contribution in [0.25, 0.3) is 11.0 Å². The average Bonchev–Trinajstić information content (AvgIpc) is 3.11. The molecule has 0 saturated carbocycles. The van der Waals surface area contributed by atoms with Gasteiger partial charge in [-0.3, -0.25) is 4.79 Å². The van der Waals surface area contributed by atoms with E-state index in [-0.39, 0.29) is 11.8 Å². The standard InChI is InChI=1S/C15H20N4O/c20-15(11-7-9-16-10-11)17-8-3-6-14-18-12-4-1-2-5-13(12)19-14/h1-2,4-5,11,16H,3,6-10H2,(H,17,20)(H,18,19). The number of nitrogens with zero attached hydrogens (tertiary/aromatic N) is 1. The second kappa shape index (κ2) is 6.05. The summed E-state index contributed by atoms with van der Waals surface area (Å²) in [6.07, 6.45) is 2.72. The molecule has 3 rings (SSSR count). The fraction of sp³-hybridized carbons (Fsp3) is 0.467. The zero-order chi connectivity index (χ0) is 13.8. The van der Waals surface area contributed by atoms with Crippen LogP contribution >= 0.6 is 0 Å². The molecule has 2 heterocycles. The number of carbonyl (C=O) groups excluding carboxylic acids is 1. The van der Waals surface area contributed by atoms with Crippen molar-refractivity contribution in [1.29, 1.82) is 0 Å². The second-order valence-electron chi connectivity index (χ2n) is 5.28. The lowest BCUT2D eigenvalue weighted by Gasteiger charge is -2.09. The number of fused-ring (bicyclic) bond motifs is 1. The maximum Gasteiger partial charge on any atom is 0.224 e. The van der Waals surface area contributed by atoms with Crippen LogP contribution in [0.2, 0.25) is 0 Å². The number of aromatic nitrogens is 2. The Bertz CT molecular complexity index is 553. The quantitative estimate of drug-likeness (QED) is 0.717. The average molecular weight is 272 g/mol. The van der Waals surface area contributed by atoms with Gasteiger partial charge in [-0.25, -0.2) is 4.98 Å². The van der Waals surface area contributed by atoms with Gasteiger partial charge >= 0.3 is 0 Å². The Morgan fingerprint density at radius 1 is 1.40 bits per heavy atom. The molecule has 2 aromatic rings. The number of nitrogens with one attached hydrogen (secondary N) is 3. The van der Waals surface area contributed by atoms with Crippen molar-refractivity contribution in [3.63, 3.8) is 0 Å². The summed E-state index contributed by atoms with van der Waals surface area (Å²) in [5, 5.41) is 6.22. The monoisotopic (exact) mass is 272 g/mol. The highest BCUT2D eigenvalue weighted by atomic mass is 16.1. The molecule has 0 aliphatic carbocycles. The van der Waals surface area contributed by atoms with Crippen LogP contribution in [0.15, 0.2) is 24.3 Å². The first-order chi connectivity index (χ1) is 9.83. The highest BCUT2D eigenvalue weighted by Gasteiger charge is 2.21. The number of amides is 1. The molecule has 1 aliphatic heterocycles. The first-order valence-electron chi connectivity index (χ1n) is 7.25. The van der Waals surface area contributed by atoms with E-state index in [9.17, 15) is 4.79 Å². The predicted octanol–water partition coefficient (Wildman–Crippen LogP) is 1.22. The first-order valence-corrected chi connectivity index (χ1v) is 7.25. The number of aromatic amines is 1. The highest BCUT2D eigenvalue weighted by molar-refractivity contribution is 5.79. The van der Waals surface area contributed by atoms with Crippen LogP contribution in [0, 0.1) is 5.92 Å². The molecule has 1 saturated heterocycles. The molecule has 5 heteroatoms. The number of H-pyrrole nitrogens is 1. The fourth-order valence-electron chi connectivity index (χ4n) is 2.61. The van der Waals surface area contributed by atoms with E-state index in [0.717, 1.165) is 49.2 Å². The minimum atomic E-state index is 0.154. The number of aryl methyl sites for hydroxylation is 1. The van der Waals surface area contributed by atoms with Crippen LogP contribution < -0.4 is 10.6 Å². The lowest BCUT2D eigenvalue weighted by atomic mass is 10.1. The van der Waals surface area contributed by atoms with Gasteiger partial charge in [0, 0.05) is 19.5 Å². The summed E-state index contributed by atoms with van der Waals surface area (Å²) in [7, 11) is 0. The van der Waals surface area contributed by atoms with E-state index in [1.54, 1.807) is 0 Å². The van der Waals surface area contributed by atoms with Crippen molar-refractivity contribution in [2.45, 2.75) is 19.3 Å². The number of benzene rings is 1. The molecule has 106 valence electrons. The molecule has 20 heavy (non-hydrogen) atoms. The van der Waals surface area contributed by atoms with Crippen LogP contribution in [-0.4, -0.2) is 35.5 Å². The third-order valence-corrected chi connectivity index (χ3v) is 3.76. The Morgan fingerprint density at radius 3 is 3.10 bits per heavy atom. The minimum absolute atomic E-state index is 0.154. The van der Waals surface area contributed by atoms with E-state index >= 15 is 0 Å². The Hall–Kier alpha value is -1.88. The van der Waals surface area contributed by atoms with Crippen molar-refractivity contribution >= 4 is 16.9 Å². The second-order valence-corrected chi connectivity index (χ2v) is 5.28. The van der Waals surface area contributed by atoms with Gasteiger partial charge in [0.15, 0.2) is 0 Å². The van der Waals surface area contributed by atoms with Crippen LogP contribution in [0.1, 0.15) is 18.7 Å². The number of hydrogen-bond donors (Lipinski definition) is 3. The fourth-order valence-corrected chi connectivity index (χ4v) is 2.61. The number of para-hydroxylation sites is 2. The van der Waals surface area contributed by atoms with Crippen LogP contribution in [0.4, 0.5) is 0 Å². The zero-order valence-corrected chi connectivity index (χ0v) is 11.5. The molecule has 1 amide bonds. The first kappa shape index (κ1) is 13.1. The van der Waals surface area contributed by atoms with Gasteiger partial charge in [0.25, 0.3) is 0 Å². The molecule has 1 fully saturated rings. The Morgan fingerprint density at radius 2 is 2.30 bits per heavy atom. The molecule has 0 bridgehead atoms. The zero-order valence-electron chi connectivity index (χ0n) is 11.5. The molecule has 1 aromatic carbocycles. The summed E-state index contributed by atoms with van der Waals surface area (Å²) in [6.45, 7) is 2.48. The molecule has 0 radical (unpaired) electrons. The summed E-state index contributed by atoms with van der Waals surface area (Å²) in [4.78, 5) is 19.7. The van der Waals surface area contributed by atoms with E-state index in [0.29, 0.717) is 6.54 Å². The largest absolute Gasteiger partial charge is 0.356 e. The van der Waals surface area contributed by atoms with Gasteiger partial charge in [0.2, 0.25) is 5.91 Å². The van der Waals surface area contributed by atoms with Gasteiger partial charge in [0.05, 0.1) is 17.0 Å². The highest BCUT2D eigenvalue weighted by Crippen LogP contribution is 2.11. The van der Waals surface area contributed by atoms with E-state index in [1.165, 1.54) is 0 Å². The third kappa shape index (κ3) is 2.99. The minimum Gasteiger partial charge on any atom is -0.356 e. The normalized spacial score (nSPS) is 18.5. The van der Waals surface area contributed by atoms with Crippen molar-refractivity contribution in [2.75, 3.05) is 19.6 Å². The maximum atomic E-state index is 11.8. The van der Waals surface area contributed by atoms with Gasteiger partial charge in [-0.15, -0.1) is 0 Å². The molecule has 3 N–H and O–H groups in total. The molecule has 0 spiro atoms. The number of hydrogen-bond acceptors (Lipinski definition) is 3. The number of rotatable bonds is 5. The maximum absolute atomic E-state index is 11.8. The molecule has 1 aromatic heterocycles. The Kier molecular flexibility index (Phi) is 3.97. The molecule has 1 aliphatic rings. The number of carbonyl (C=O) groups is 1. The number of imidazole rings is 1. The van der Waals surface area contributed by atoms with Crippen LogP contribution in [-0.2, 0) is 11.2 Å². The molecule has 1 atom stereocenters. The topological polar surface area (TPSA) is 69.8 Å². The Labute approximate surface area is 118 Å². The molecule has 1 unspecified atom stereocenters. The summed E-state index contributed by atoms with van der Waals surface area (Å²) in [6, 6.07) is 8.02. The SMILES string of the molecule is O=C(NCCCc1nc2ccccc2[nH]1)C1CCNC1. The molecular weight excluding hydrogens is 252 g/mol. The van der Waals surface area contributed by atoms with E-state index in [1.807, 2.05) is 24.3 Å². The summed E-state index contributed by atoms with van der Waals surface area (Å²) < 4.78 is 0. The Balaban J connectivity index is 1.44. The van der Waals surface area contributed by atoms with Crippen molar-refractivity contribution in [3.05, 3.63) is 30.1 Å². The van der Waals surface area contributed by atoms with Gasteiger partial charge in [-0.05, 0) is 31.5 Å². The lowest BCUT2D eigenvalue weighted by Crippen LogP contribution is -2.32. The van der Waals surface area contributed by atoms with Crippen molar-refractivity contribution < 1.29 is 4.79 Å². The third-order valence-electron chi connectivity index (χ3n) is 3.76. The van der Waals surface area contributed by atoms with Crippen molar-refractivity contribution in [1.82, 2.24) is 20.6 Å². The van der Waals surface area contributed by atoms with Crippen molar-refractivity contribution in [3.8, 4) is 0 Å². The van der Waals surface area contributed by atoms with Gasteiger partial charge in [0.1, 0.15) is 5.82 Å². The van der Waals surface area contributed by atoms with Gasteiger partial charge in [-0.1, -0.05) is 12.1 Å². The summed E-state index contributed by atoms with van der Waals surface area (Å²) >= 11 is 0. The van der Waals surface area contributed by atoms with Crippen LogP contribution in [0.3, 0.4) is 0 Å². The summed E-state index contributed by atoms with van der Waals surface area (Å²) in [5.74, 6) is 1.32. The molecule has 5 nitrogen and oxygen atoms in total. The van der Waals surface area contributed by atoms with E-state index < -0.39 is 0 Å². The summed E-state index contributed by atoms with van der Waals surface area (Å²) in [5.41, 5.74) is 2.08. The smallest absolute Gasteiger partial charge is 0.224 e. The van der Waals surface area contributed by atoms with Crippen molar-refractivity contribution in [2.24, 2.45) is 5.92 Å². The van der Waals surface area contributed by atoms with Gasteiger partial charge in [-0.2, -0.15) is 0 Å².